The summed E-state index contributed by atoms with van der Waals surface area (Å²) in [6, 6.07) is 7.22. The van der Waals surface area contributed by atoms with Crippen molar-refractivity contribution in [1.82, 2.24) is 19.9 Å². The van der Waals surface area contributed by atoms with Gasteiger partial charge in [-0.25, -0.2) is 19.2 Å². The maximum Gasteiger partial charge on any atom is 0.323 e. The number of carbonyl (C=O) groups is 2. The summed E-state index contributed by atoms with van der Waals surface area (Å²) < 4.78 is 32.9. The number of benzene rings is 1. The Morgan fingerprint density at radius 1 is 1.07 bits per heavy atom. The largest absolute Gasteiger partial charge is 0.469 e. The number of aromatic nitrogens is 3. The van der Waals surface area contributed by atoms with Crippen LogP contribution in [0.1, 0.15) is 38.1 Å². The van der Waals surface area contributed by atoms with Gasteiger partial charge < -0.3 is 39.5 Å². The van der Waals surface area contributed by atoms with E-state index in [1.807, 2.05) is 38.7 Å². The minimum absolute atomic E-state index is 0.0196. The summed E-state index contributed by atoms with van der Waals surface area (Å²) in [4.78, 5) is 46.4. The van der Waals surface area contributed by atoms with Gasteiger partial charge in [0, 0.05) is 31.7 Å². The van der Waals surface area contributed by atoms with Gasteiger partial charge in [0.25, 0.3) is 5.91 Å². The zero-order chi connectivity index (χ0) is 32.4. The van der Waals surface area contributed by atoms with Crippen LogP contribution in [0.25, 0.3) is 11.3 Å². The van der Waals surface area contributed by atoms with Crippen LogP contribution in [0, 0.1) is 5.82 Å². The molecular formula is C32H39FN8O5. The number of pyridine rings is 1. The number of urea groups is 1. The fraction of sp³-hybridized carbons (Fsp3) is 0.469. The van der Waals surface area contributed by atoms with Gasteiger partial charge in [0.15, 0.2) is 0 Å². The first kappa shape index (κ1) is 31.4. The number of hydrogen-bond acceptors (Lipinski definition) is 10. The number of halogens is 1. The molecule has 1 aromatic carbocycles. The van der Waals surface area contributed by atoms with Crippen LogP contribution >= 0.6 is 0 Å². The summed E-state index contributed by atoms with van der Waals surface area (Å²) in [5, 5.41) is 5.25. The number of anilines is 4. The third kappa shape index (κ3) is 6.67. The molecule has 3 aliphatic heterocycles. The van der Waals surface area contributed by atoms with Gasteiger partial charge in [0.1, 0.15) is 22.8 Å². The molecular weight excluding hydrogens is 595 g/mol. The van der Waals surface area contributed by atoms with E-state index in [2.05, 4.69) is 20.5 Å². The molecule has 3 aliphatic rings. The third-order valence-corrected chi connectivity index (χ3v) is 8.15. The second-order valence-electron chi connectivity index (χ2n) is 12.1. The Bertz CT molecular complexity index is 1600. The summed E-state index contributed by atoms with van der Waals surface area (Å²) in [5.74, 6) is 0.319. The van der Waals surface area contributed by atoms with Crippen molar-refractivity contribution in [2.45, 2.75) is 39.3 Å². The highest BCUT2D eigenvalue weighted by Crippen LogP contribution is 2.37. The molecule has 3 amide bonds. The second-order valence-corrected chi connectivity index (χ2v) is 12.1. The Morgan fingerprint density at radius 2 is 1.85 bits per heavy atom. The van der Waals surface area contributed by atoms with Crippen molar-refractivity contribution in [3.8, 4) is 17.1 Å². The van der Waals surface area contributed by atoms with E-state index < -0.39 is 17.4 Å². The van der Waals surface area contributed by atoms with E-state index in [4.69, 9.17) is 24.2 Å². The minimum Gasteiger partial charge on any atom is -0.469 e. The molecule has 1 atom stereocenters. The monoisotopic (exact) mass is 634 g/mol. The highest BCUT2D eigenvalue weighted by molar-refractivity contribution is 6.03. The molecule has 0 spiro atoms. The molecule has 3 aromatic rings. The predicted octanol–water partition coefficient (Wildman–Crippen LogP) is 4.02. The van der Waals surface area contributed by atoms with Gasteiger partial charge in [0.05, 0.1) is 62.3 Å². The van der Waals surface area contributed by atoms with Crippen LogP contribution in [-0.4, -0.2) is 103 Å². The molecule has 2 fully saturated rings. The van der Waals surface area contributed by atoms with Crippen molar-refractivity contribution in [2.24, 2.45) is 0 Å². The quantitative estimate of drug-likeness (QED) is 0.410. The fourth-order valence-electron chi connectivity index (χ4n) is 5.78. The van der Waals surface area contributed by atoms with Crippen LogP contribution < -0.4 is 25.2 Å². The lowest BCUT2D eigenvalue weighted by Gasteiger charge is -2.34. The number of hydrogen-bond donors (Lipinski definition) is 2. The highest BCUT2D eigenvalue weighted by atomic mass is 19.1. The number of amides is 3. The maximum atomic E-state index is 15.6. The van der Waals surface area contributed by atoms with Gasteiger partial charge >= 0.3 is 6.03 Å². The Morgan fingerprint density at radius 3 is 2.54 bits per heavy atom. The Hall–Kier alpha value is -4.56. The average Bonchev–Trinajstić information content (AvgIpc) is 3.14. The van der Waals surface area contributed by atoms with E-state index in [0.717, 1.165) is 18.9 Å². The molecule has 13 nitrogen and oxygen atoms in total. The van der Waals surface area contributed by atoms with Crippen LogP contribution in [0.4, 0.5) is 32.3 Å². The first-order valence-corrected chi connectivity index (χ1v) is 15.5. The lowest BCUT2D eigenvalue weighted by Crippen LogP contribution is -2.44. The molecule has 2 N–H and O–H groups in total. The van der Waals surface area contributed by atoms with E-state index in [-0.39, 0.29) is 34.8 Å². The Kier molecular flexibility index (Phi) is 8.91. The zero-order valence-electron chi connectivity index (χ0n) is 26.5. The average molecular weight is 635 g/mol. The molecule has 0 bridgehead atoms. The lowest BCUT2D eigenvalue weighted by molar-refractivity contribution is 0.0541. The van der Waals surface area contributed by atoms with Crippen molar-refractivity contribution in [3.63, 3.8) is 0 Å². The minimum atomic E-state index is -0.721. The topological polar surface area (TPSA) is 134 Å². The van der Waals surface area contributed by atoms with Gasteiger partial charge in [-0.1, -0.05) is 6.07 Å². The van der Waals surface area contributed by atoms with Crippen molar-refractivity contribution in [2.75, 3.05) is 79.6 Å². The van der Waals surface area contributed by atoms with Crippen LogP contribution in [0.5, 0.6) is 5.88 Å². The predicted molar refractivity (Wildman–Crippen MR) is 171 cm³/mol. The standard InChI is InChI=1S/C32H39FN8O5/c1-5-39-19-32(3,4)46-28-26(29(39)42)27(37-30(38-28)41-12-15-45-18-20(41)2)21-6-8-24(23(33)16-21)36-31(43)35-22-7-9-25(34-17-22)40-10-13-44-14-11-40/h6-9,16-17,20H,5,10-15,18-19H2,1-4H3,(H2,35,36,43). The highest BCUT2D eigenvalue weighted by Gasteiger charge is 2.38. The normalized spacial score (nSPS) is 19.6. The van der Waals surface area contributed by atoms with E-state index in [0.29, 0.717) is 63.3 Å². The summed E-state index contributed by atoms with van der Waals surface area (Å²) >= 11 is 0. The summed E-state index contributed by atoms with van der Waals surface area (Å²) in [7, 11) is 0. The van der Waals surface area contributed by atoms with Gasteiger partial charge in [-0.15, -0.1) is 0 Å². The molecule has 6 rings (SSSR count). The zero-order valence-corrected chi connectivity index (χ0v) is 26.5. The number of carbonyl (C=O) groups excluding carboxylic acids is 2. The van der Waals surface area contributed by atoms with Crippen LogP contribution in [-0.2, 0) is 9.47 Å². The van der Waals surface area contributed by atoms with Crippen LogP contribution in [0.2, 0.25) is 0 Å². The number of rotatable bonds is 6. The maximum absolute atomic E-state index is 15.6. The Labute approximate surface area is 267 Å². The van der Waals surface area contributed by atoms with Gasteiger partial charge in [0.2, 0.25) is 11.8 Å². The molecule has 5 heterocycles. The van der Waals surface area contributed by atoms with E-state index in [9.17, 15) is 9.59 Å². The fourth-order valence-corrected chi connectivity index (χ4v) is 5.78. The number of ether oxygens (including phenoxy) is 3. The first-order chi connectivity index (χ1) is 22.1. The molecule has 0 radical (unpaired) electrons. The number of nitrogens with zero attached hydrogens (tertiary/aromatic N) is 6. The second kappa shape index (κ2) is 13.0. The smallest absolute Gasteiger partial charge is 0.323 e. The molecule has 1 unspecified atom stereocenters. The Balaban J connectivity index is 1.27. The van der Waals surface area contributed by atoms with Crippen molar-refractivity contribution in [1.29, 1.82) is 0 Å². The molecule has 14 heteroatoms. The first-order valence-electron chi connectivity index (χ1n) is 15.5. The van der Waals surface area contributed by atoms with Gasteiger partial charge in [-0.2, -0.15) is 4.98 Å². The van der Waals surface area contributed by atoms with Crippen molar-refractivity contribution < 1.29 is 28.2 Å². The van der Waals surface area contributed by atoms with Crippen molar-refractivity contribution in [3.05, 3.63) is 47.9 Å². The van der Waals surface area contributed by atoms with Crippen LogP contribution in [0.15, 0.2) is 36.5 Å². The molecule has 2 aromatic heterocycles. The van der Waals surface area contributed by atoms with Crippen molar-refractivity contribution >= 4 is 35.1 Å². The number of likely N-dealkylation sites (N-methyl/N-ethyl adjacent to an activating group) is 1. The summed E-state index contributed by atoms with van der Waals surface area (Å²) in [6.45, 7) is 12.8. The van der Waals surface area contributed by atoms with E-state index in [1.54, 1.807) is 23.2 Å². The molecule has 244 valence electrons. The molecule has 46 heavy (non-hydrogen) atoms. The number of nitrogens with one attached hydrogen (secondary N) is 2. The van der Waals surface area contributed by atoms with Crippen LogP contribution in [0.3, 0.4) is 0 Å². The number of morpholine rings is 2. The van der Waals surface area contributed by atoms with Gasteiger partial charge in [-0.05, 0) is 52.0 Å². The molecule has 0 saturated carbocycles. The SMILES string of the molecule is CCN1CC(C)(C)Oc2nc(N3CCOCC3C)nc(-c3ccc(NC(=O)Nc4ccc(N5CCOCC5)nc4)c(F)c3)c2C1=O. The summed E-state index contributed by atoms with van der Waals surface area (Å²) in [6.07, 6.45) is 1.55. The van der Waals surface area contributed by atoms with E-state index >= 15 is 4.39 Å². The number of fused-ring (bicyclic) bond motifs is 1. The van der Waals surface area contributed by atoms with E-state index in [1.165, 1.54) is 12.1 Å². The molecule has 2 saturated heterocycles. The summed E-state index contributed by atoms with van der Waals surface area (Å²) in [5.41, 5.74) is 0.465. The van der Waals surface area contributed by atoms with Gasteiger partial charge in [-0.3, -0.25) is 4.79 Å². The third-order valence-electron chi connectivity index (χ3n) is 8.15. The lowest BCUT2D eigenvalue weighted by atomic mass is 10.0. The molecule has 0 aliphatic carbocycles.